The SMILES string of the molecule is CC(=O)SCC1CC(=O)N(c2ncc(Br)cc2N)C1. The summed E-state index contributed by atoms with van der Waals surface area (Å²) in [5, 5.41) is 0.0761. The van der Waals surface area contributed by atoms with Crippen molar-refractivity contribution in [3.63, 3.8) is 0 Å². The van der Waals surface area contributed by atoms with Crippen LogP contribution in [0.2, 0.25) is 0 Å². The number of amides is 1. The van der Waals surface area contributed by atoms with Crippen molar-refractivity contribution in [2.24, 2.45) is 5.92 Å². The van der Waals surface area contributed by atoms with Crippen LogP contribution in [0.4, 0.5) is 11.5 Å². The first kappa shape index (κ1) is 14.3. The third-order valence-corrected chi connectivity index (χ3v) is 4.32. The number of nitrogens with two attached hydrogens (primary N) is 1. The third-order valence-electron chi connectivity index (χ3n) is 2.84. The van der Waals surface area contributed by atoms with E-state index >= 15 is 0 Å². The number of halogens is 1. The summed E-state index contributed by atoms with van der Waals surface area (Å²) in [4.78, 5) is 28.7. The summed E-state index contributed by atoms with van der Waals surface area (Å²) >= 11 is 4.54. The number of pyridine rings is 1. The zero-order chi connectivity index (χ0) is 14.0. The smallest absolute Gasteiger partial charge is 0.228 e. The molecule has 2 rings (SSSR count). The summed E-state index contributed by atoms with van der Waals surface area (Å²) in [6, 6.07) is 1.73. The molecule has 1 aliphatic rings. The molecule has 2 heterocycles. The largest absolute Gasteiger partial charge is 0.396 e. The van der Waals surface area contributed by atoms with Crippen molar-refractivity contribution in [1.29, 1.82) is 0 Å². The zero-order valence-corrected chi connectivity index (χ0v) is 12.8. The van der Waals surface area contributed by atoms with Gasteiger partial charge < -0.3 is 5.73 Å². The van der Waals surface area contributed by atoms with Crippen LogP contribution in [0.25, 0.3) is 0 Å². The lowest BCUT2D eigenvalue weighted by atomic mass is 10.1. The molecule has 0 aliphatic carbocycles. The molecule has 1 aromatic rings. The molecule has 5 nitrogen and oxygen atoms in total. The van der Waals surface area contributed by atoms with Crippen LogP contribution in [0.3, 0.4) is 0 Å². The third kappa shape index (κ3) is 3.48. The highest BCUT2D eigenvalue weighted by atomic mass is 79.9. The molecule has 0 radical (unpaired) electrons. The molecular formula is C12H14BrN3O2S. The van der Waals surface area contributed by atoms with Gasteiger partial charge in [0.2, 0.25) is 5.91 Å². The summed E-state index contributed by atoms with van der Waals surface area (Å²) in [7, 11) is 0. The molecule has 102 valence electrons. The summed E-state index contributed by atoms with van der Waals surface area (Å²) < 4.78 is 0.782. The van der Waals surface area contributed by atoms with Gasteiger partial charge in [-0.05, 0) is 27.9 Å². The van der Waals surface area contributed by atoms with Gasteiger partial charge in [-0.2, -0.15) is 0 Å². The second kappa shape index (κ2) is 5.92. The molecule has 1 fully saturated rings. The normalized spacial score (nSPS) is 18.9. The fourth-order valence-electron chi connectivity index (χ4n) is 2.01. The fraction of sp³-hybridized carbons (Fsp3) is 0.417. The first-order valence-electron chi connectivity index (χ1n) is 5.82. The van der Waals surface area contributed by atoms with Gasteiger partial charge in [-0.1, -0.05) is 11.8 Å². The number of carbonyl (C=O) groups excluding carboxylic acids is 2. The van der Waals surface area contributed by atoms with E-state index in [1.807, 2.05) is 0 Å². The molecule has 0 aromatic carbocycles. The zero-order valence-electron chi connectivity index (χ0n) is 10.4. The minimum atomic E-state index is 0.00988. The topological polar surface area (TPSA) is 76.3 Å². The van der Waals surface area contributed by atoms with Crippen LogP contribution < -0.4 is 10.6 Å². The van der Waals surface area contributed by atoms with E-state index in [1.165, 1.54) is 18.7 Å². The van der Waals surface area contributed by atoms with Gasteiger partial charge in [0.05, 0.1) is 5.69 Å². The maximum absolute atomic E-state index is 12.0. The van der Waals surface area contributed by atoms with E-state index in [-0.39, 0.29) is 16.9 Å². The van der Waals surface area contributed by atoms with Gasteiger partial charge in [0.15, 0.2) is 10.9 Å². The Kier molecular flexibility index (Phi) is 4.46. The Morgan fingerprint density at radius 2 is 2.42 bits per heavy atom. The van der Waals surface area contributed by atoms with Crippen molar-refractivity contribution in [1.82, 2.24) is 4.98 Å². The molecule has 19 heavy (non-hydrogen) atoms. The first-order chi connectivity index (χ1) is 8.97. The molecule has 0 bridgehead atoms. The second-order valence-electron chi connectivity index (χ2n) is 4.44. The number of aromatic nitrogens is 1. The van der Waals surface area contributed by atoms with Crippen molar-refractivity contribution in [3.8, 4) is 0 Å². The van der Waals surface area contributed by atoms with E-state index in [0.717, 1.165) is 4.47 Å². The maximum Gasteiger partial charge on any atom is 0.228 e. The Balaban J connectivity index is 2.09. The van der Waals surface area contributed by atoms with E-state index in [4.69, 9.17) is 5.73 Å². The van der Waals surface area contributed by atoms with E-state index in [0.29, 0.717) is 30.2 Å². The number of nitrogen functional groups attached to an aromatic ring is 1. The van der Waals surface area contributed by atoms with Crippen molar-refractivity contribution in [2.75, 3.05) is 22.9 Å². The highest BCUT2D eigenvalue weighted by Gasteiger charge is 2.32. The summed E-state index contributed by atoms with van der Waals surface area (Å²) in [6.45, 7) is 2.10. The van der Waals surface area contributed by atoms with E-state index < -0.39 is 0 Å². The molecule has 1 atom stereocenters. The molecule has 1 aliphatic heterocycles. The van der Waals surface area contributed by atoms with Gasteiger partial charge in [-0.25, -0.2) is 4.98 Å². The minimum Gasteiger partial charge on any atom is -0.396 e. The van der Waals surface area contributed by atoms with Gasteiger partial charge in [0.25, 0.3) is 0 Å². The molecule has 0 spiro atoms. The van der Waals surface area contributed by atoms with Crippen molar-refractivity contribution in [3.05, 3.63) is 16.7 Å². The van der Waals surface area contributed by atoms with Crippen LogP contribution in [-0.4, -0.2) is 28.3 Å². The number of thioether (sulfide) groups is 1. The predicted octanol–water partition coefficient (Wildman–Crippen LogP) is 2.06. The Labute approximate surface area is 124 Å². The van der Waals surface area contributed by atoms with Crippen LogP contribution in [0, 0.1) is 5.92 Å². The molecule has 1 unspecified atom stereocenters. The van der Waals surface area contributed by atoms with Crippen LogP contribution in [0.5, 0.6) is 0 Å². The lowest BCUT2D eigenvalue weighted by Crippen LogP contribution is -2.26. The Hall–Kier alpha value is -1.08. The maximum atomic E-state index is 12.0. The number of carbonyl (C=O) groups is 2. The lowest BCUT2D eigenvalue weighted by Gasteiger charge is -2.17. The number of anilines is 2. The standard InChI is InChI=1S/C12H14BrN3O2S/c1-7(17)19-6-8-2-11(18)16(5-8)12-10(14)3-9(13)4-15-12/h3-4,8H,2,5-6,14H2,1H3. The van der Waals surface area contributed by atoms with Crippen LogP contribution >= 0.6 is 27.7 Å². The van der Waals surface area contributed by atoms with Gasteiger partial charge in [-0.3, -0.25) is 14.5 Å². The molecule has 0 saturated carbocycles. The molecule has 2 N–H and O–H groups in total. The Bertz CT molecular complexity index is 524. The first-order valence-corrected chi connectivity index (χ1v) is 7.60. The number of hydrogen-bond acceptors (Lipinski definition) is 5. The van der Waals surface area contributed by atoms with Crippen LogP contribution in [0.1, 0.15) is 13.3 Å². The lowest BCUT2D eigenvalue weighted by molar-refractivity contribution is -0.117. The number of rotatable bonds is 3. The average molecular weight is 344 g/mol. The minimum absolute atomic E-state index is 0.00988. The molecular weight excluding hydrogens is 330 g/mol. The van der Waals surface area contributed by atoms with Crippen LogP contribution in [0.15, 0.2) is 16.7 Å². The fourth-order valence-corrected chi connectivity index (χ4v) is 3.05. The Morgan fingerprint density at radius 3 is 3.05 bits per heavy atom. The van der Waals surface area contributed by atoms with E-state index in [2.05, 4.69) is 20.9 Å². The van der Waals surface area contributed by atoms with E-state index in [9.17, 15) is 9.59 Å². The number of nitrogens with zero attached hydrogens (tertiary/aromatic N) is 2. The van der Waals surface area contributed by atoms with E-state index in [1.54, 1.807) is 17.2 Å². The monoisotopic (exact) mass is 343 g/mol. The quantitative estimate of drug-likeness (QED) is 0.908. The summed E-state index contributed by atoms with van der Waals surface area (Å²) in [5.74, 6) is 1.35. The average Bonchev–Trinajstić information content (AvgIpc) is 2.68. The van der Waals surface area contributed by atoms with Crippen molar-refractivity contribution < 1.29 is 9.59 Å². The summed E-state index contributed by atoms with van der Waals surface area (Å²) in [6.07, 6.45) is 2.06. The van der Waals surface area contributed by atoms with Crippen molar-refractivity contribution >= 4 is 50.2 Å². The van der Waals surface area contributed by atoms with Gasteiger partial charge in [0.1, 0.15) is 0 Å². The number of hydrogen-bond donors (Lipinski definition) is 1. The predicted molar refractivity (Wildman–Crippen MR) is 79.9 cm³/mol. The highest BCUT2D eigenvalue weighted by Crippen LogP contribution is 2.30. The molecule has 1 amide bonds. The van der Waals surface area contributed by atoms with Crippen LogP contribution in [-0.2, 0) is 9.59 Å². The Morgan fingerprint density at radius 1 is 1.68 bits per heavy atom. The molecule has 1 saturated heterocycles. The van der Waals surface area contributed by atoms with Gasteiger partial charge >= 0.3 is 0 Å². The van der Waals surface area contributed by atoms with Gasteiger partial charge in [0, 0.05) is 36.3 Å². The molecule has 7 heteroatoms. The second-order valence-corrected chi connectivity index (χ2v) is 6.56. The highest BCUT2D eigenvalue weighted by molar-refractivity contribution is 9.10. The van der Waals surface area contributed by atoms with Crippen molar-refractivity contribution in [2.45, 2.75) is 13.3 Å². The van der Waals surface area contributed by atoms with Gasteiger partial charge in [-0.15, -0.1) is 0 Å². The molecule has 1 aromatic heterocycles. The summed E-state index contributed by atoms with van der Waals surface area (Å²) in [5.41, 5.74) is 6.36.